The van der Waals surface area contributed by atoms with Gasteiger partial charge in [-0.1, -0.05) is 90.6 Å². The Morgan fingerprint density at radius 3 is 2.12 bits per heavy atom. The molecule has 0 bridgehead atoms. The fourth-order valence-electron chi connectivity index (χ4n) is 4.07. The van der Waals surface area contributed by atoms with Crippen LogP contribution < -0.4 is 0 Å². The summed E-state index contributed by atoms with van der Waals surface area (Å²) in [4.78, 5) is 4.63. The summed E-state index contributed by atoms with van der Waals surface area (Å²) in [5.74, 6) is 1.16. The van der Waals surface area contributed by atoms with Crippen LogP contribution in [0.5, 0.6) is 0 Å². The molecule has 4 aromatic rings. The smallest absolute Gasteiger partial charge is 0.168 e. The Balaban J connectivity index is 1.53. The SMILES string of the molecule is Cc1ccc(CSc2ncc(CO)n2CCC(c2ccccc2)c2ccccc2)cc1C. The largest absolute Gasteiger partial charge is 0.390 e. The molecule has 1 N–H and O–H groups in total. The van der Waals surface area contributed by atoms with Gasteiger partial charge in [0, 0.05) is 18.2 Å². The molecule has 0 aliphatic heterocycles. The maximum absolute atomic E-state index is 9.91. The number of aryl methyl sites for hydroxylation is 2. The maximum atomic E-state index is 9.91. The van der Waals surface area contributed by atoms with Gasteiger partial charge in [-0.05, 0) is 48.1 Å². The Morgan fingerprint density at radius 2 is 1.53 bits per heavy atom. The molecule has 1 aromatic heterocycles. The average molecular weight is 443 g/mol. The van der Waals surface area contributed by atoms with Crippen LogP contribution in [0.3, 0.4) is 0 Å². The van der Waals surface area contributed by atoms with Gasteiger partial charge in [-0.25, -0.2) is 4.98 Å². The lowest BCUT2D eigenvalue weighted by Gasteiger charge is -2.20. The van der Waals surface area contributed by atoms with Crippen LogP contribution in [0.15, 0.2) is 90.2 Å². The molecule has 4 rings (SSSR count). The molecule has 0 fully saturated rings. The minimum Gasteiger partial charge on any atom is -0.390 e. The third kappa shape index (κ3) is 5.32. The molecule has 0 unspecified atom stereocenters. The Bertz CT molecular complexity index is 1100. The van der Waals surface area contributed by atoms with E-state index in [1.165, 1.54) is 27.8 Å². The number of aliphatic hydroxyl groups is 1. The van der Waals surface area contributed by atoms with Gasteiger partial charge in [0.05, 0.1) is 18.5 Å². The summed E-state index contributed by atoms with van der Waals surface area (Å²) in [5, 5.41) is 10.9. The van der Waals surface area contributed by atoms with Crippen molar-refractivity contribution in [3.8, 4) is 0 Å². The van der Waals surface area contributed by atoms with Crippen LogP contribution in [0.2, 0.25) is 0 Å². The van der Waals surface area contributed by atoms with Gasteiger partial charge in [0.25, 0.3) is 0 Å². The number of aliphatic hydroxyl groups excluding tert-OH is 1. The summed E-state index contributed by atoms with van der Waals surface area (Å²) >= 11 is 1.73. The lowest BCUT2D eigenvalue weighted by Crippen LogP contribution is -2.10. The van der Waals surface area contributed by atoms with Crippen LogP contribution in [-0.2, 0) is 18.9 Å². The van der Waals surface area contributed by atoms with Gasteiger partial charge in [0.15, 0.2) is 5.16 Å². The van der Waals surface area contributed by atoms with E-state index in [1.807, 2.05) is 6.20 Å². The van der Waals surface area contributed by atoms with Gasteiger partial charge < -0.3 is 9.67 Å². The number of imidazole rings is 1. The molecule has 0 radical (unpaired) electrons. The van der Waals surface area contributed by atoms with Crippen molar-refractivity contribution < 1.29 is 5.11 Å². The Labute approximate surface area is 195 Å². The maximum Gasteiger partial charge on any atom is 0.168 e. The lowest BCUT2D eigenvalue weighted by atomic mass is 9.88. The normalized spacial score (nSPS) is 11.2. The van der Waals surface area contributed by atoms with E-state index in [4.69, 9.17) is 0 Å². The minimum atomic E-state index is -0.00145. The summed E-state index contributed by atoms with van der Waals surface area (Å²) in [6, 6.07) is 28.0. The molecule has 3 aromatic carbocycles. The van der Waals surface area contributed by atoms with Crippen molar-refractivity contribution in [2.75, 3.05) is 0 Å². The molecular weight excluding hydrogens is 412 g/mol. The third-order valence-corrected chi connectivity index (χ3v) is 7.11. The Hall–Kier alpha value is -2.82. The predicted molar refractivity (Wildman–Crippen MR) is 133 cm³/mol. The molecule has 4 heteroatoms. The third-order valence-electron chi connectivity index (χ3n) is 6.05. The number of aromatic nitrogens is 2. The number of nitrogens with zero attached hydrogens (tertiary/aromatic N) is 2. The monoisotopic (exact) mass is 442 g/mol. The first-order valence-electron chi connectivity index (χ1n) is 11.1. The first kappa shape index (κ1) is 22.4. The summed E-state index contributed by atoms with van der Waals surface area (Å²) in [6.07, 6.45) is 2.75. The molecule has 0 aliphatic carbocycles. The van der Waals surface area contributed by atoms with Crippen molar-refractivity contribution in [2.24, 2.45) is 0 Å². The van der Waals surface area contributed by atoms with Crippen LogP contribution in [0, 0.1) is 13.8 Å². The molecule has 32 heavy (non-hydrogen) atoms. The van der Waals surface area contributed by atoms with Crippen molar-refractivity contribution in [3.63, 3.8) is 0 Å². The van der Waals surface area contributed by atoms with E-state index >= 15 is 0 Å². The number of thioether (sulfide) groups is 1. The molecule has 0 saturated carbocycles. The van der Waals surface area contributed by atoms with E-state index in [2.05, 4.69) is 102 Å². The fourth-order valence-corrected chi connectivity index (χ4v) is 5.04. The van der Waals surface area contributed by atoms with E-state index in [-0.39, 0.29) is 6.61 Å². The first-order valence-corrected chi connectivity index (χ1v) is 12.1. The highest BCUT2D eigenvalue weighted by Gasteiger charge is 2.17. The van der Waals surface area contributed by atoms with Crippen LogP contribution in [-0.4, -0.2) is 14.7 Å². The highest BCUT2D eigenvalue weighted by atomic mass is 32.2. The van der Waals surface area contributed by atoms with Gasteiger partial charge in [-0.15, -0.1) is 0 Å². The van der Waals surface area contributed by atoms with Crippen LogP contribution in [0.25, 0.3) is 0 Å². The lowest BCUT2D eigenvalue weighted by molar-refractivity contribution is 0.268. The van der Waals surface area contributed by atoms with Crippen LogP contribution >= 0.6 is 11.8 Å². The van der Waals surface area contributed by atoms with Crippen molar-refractivity contribution >= 4 is 11.8 Å². The van der Waals surface area contributed by atoms with Crippen molar-refractivity contribution in [1.82, 2.24) is 9.55 Å². The Kier molecular flexibility index (Phi) is 7.46. The van der Waals surface area contributed by atoms with Crippen molar-refractivity contribution in [2.45, 2.75) is 50.2 Å². The van der Waals surface area contributed by atoms with Gasteiger partial charge in [-0.3, -0.25) is 0 Å². The van der Waals surface area contributed by atoms with Gasteiger partial charge in [0.2, 0.25) is 0 Å². The summed E-state index contributed by atoms with van der Waals surface area (Å²) in [6.45, 7) is 5.10. The molecular formula is C28H30N2OS. The number of rotatable bonds is 9. The van der Waals surface area contributed by atoms with Crippen molar-refractivity contribution in [1.29, 1.82) is 0 Å². The average Bonchev–Trinajstić information content (AvgIpc) is 3.23. The van der Waals surface area contributed by atoms with Gasteiger partial charge in [0.1, 0.15) is 0 Å². The summed E-state index contributed by atoms with van der Waals surface area (Å²) < 4.78 is 2.19. The molecule has 0 saturated heterocycles. The molecule has 0 aliphatic rings. The van der Waals surface area contributed by atoms with E-state index < -0.39 is 0 Å². The quantitative estimate of drug-likeness (QED) is 0.300. The molecule has 0 spiro atoms. The van der Waals surface area contributed by atoms with E-state index in [9.17, 15) is 5.11 Å². The topological polar surface area (TPSA) is 38.1 Å². The number of benzene rings is 3. The predicted octanol–water partition coefficient (Wildman–Crippen LogP) is 6.51. The highest BCUT2D eigenvalue weighted by Crippen LogP contribution is 2.30. The second-order valence-electron chi connectivity index (χ2n) is 8.21. The van der Waals surface area contributed by atoms with E-state index in [0.29, 0.717) is 5.92 Å². The number of hydrogen-bond acceptors (Lipinski definition) is 3. The van der Waals surface area contributed by atoms with Gasteiger partial charge in [-0.2, -0.15) is 0 Å². The number of hydrogen-bond donors (Lipinski definition) is 1. The zero-order chi connectivity index (χ0) is 22.3. The summed E-state index contributed by atoms with van der Waals surface area (Å²) in [7, 11) is 0. The fraction of sp³-hybridized carbons (Fsp3) is 0.250. The van der Waals surface area contributed by atoms with Crippen molar-refractivity contribution in [3.05, 3.63) is 119 Å². The second kappa shape index (κ2) is 10.7. The molecule has 164 valence electrons. The van der Waals surface area contributed by atoms with E-state index in [1.54, 1.807) is 11.8 Å². The summed E-state index contributed by atoms with van der Waals surface area (Å²) in [5.41, 5.74) is 7.42. The minimum absolute atomic E-state index is 0.00145. The van der Waals surface area contributed by atoms with Crippen LogP contribution in [0.4, 0.5) is 0 Å². The second-order valence-corrected chi connectivity index (χ2v) is 9.15. The van der Waals surface area contributed by atoms with E-state index in [0.717, 1.165) is 29.6 Å². The van der Waals surface area contributed by atoms with Gasteiger partial charge >= 0.3 is 0 Å². The molecule has 0 amide bonds. The first-order chi connectivity index (χ1) is 15.7. The molecule has 1 heterocycles. The molecule has 3 nitrogen and oxygen atoms in total. The standard InChI is InChI=1S/C28H30N2OS/c1-21-13-14-23(17-22(21)2)20-32-28-29-18-26(19-31)30(28)16-15-27(24-9-5-3-6-10-24)25-11-7-4-8-12-25/h3-14,17-18,27,31H,15-16,19-20H2,1-2H3. The zero-order valence-electron chi connectivity index (χ0n) is 18.7. The Morgan fingerprint density at radius 1 is 0.875 bits per heavy atom. The zero-order valence-corrected chi connectivity index (χ0v) is 19.6. The molecule has 0 atom stereocenters. The highest BCUT2D eigenvalue weighted by molar-refractivity contribution is 7.98. The van der Waals surface area contributed by atoms with Crippen LogP contribution in [0.1, 0.15) is 45.8 Å².